The average Bonchev–Trinajstić information content (AvgIpc) is 2.60. The van der Waals surface area contributed by atoms with Gasteiger partial charge in [0.05, 0.1) is 6.10 Å². The number of nitrogens with one attached hydrogen (secondary N) is 1. The van der Waals surface area contributed by atoms with Crippen LogP contribution in [0, 0.1) is 5.82 Å². The first-order valence-electron chi connectivity index (χ1n) is 9.12. The van der Waals surface area contributed by atoms with Crippen molar-refractivity contribution < 1.29 is 22.3 Å². The largest absolute Gasteiger partial charge is 0.491 e. The summed E-state index contributed by atoms with van der Waals surface area (Å²) in [7, 11) is -3.74. The topological polar surface area (TPSA) is 72.5 Å². The van der Waals surface area contributed by atoms with Crippen molar-refractivity contribution in [3.8, 4) is 5.75 Å². The Balaban J connectivity index is 1.94. The Bertz CT molecular complexity index is 924. The second-order valence-electron chi connectivity index (χ2n) is 7.14. The maximum absolute atomic E-state index is 13.7. The molecule has 0 unspecified atom stereocenters. The van der Waals surface area contributed by atoms with E-state index in [0.29, 0.717) is 6.42 Å². The summed E-state index contributed by atoms with van der Waals surface area (Å²) in [6.45, 7) is 5.81. The maximum Gasteiger partial charge on any atom is 0.251 e. The van der Waals surface area contributed by atoms with E-state index in [1.807, 2.05) is 45.0 Å². The second-order valence-corrected chi connectivity index (χ2v) is 9.13. The molecule has 0 aliphatic carbocycles. The third kappa shape index (κ3) is 6.34. The molecule has 0 aliphatic heterocycles. The third-order valence-corrected chi connectivity index (χ3v) is 5.24. The van der Waals surface area contributed by atoms with Crippen LogP contribution in [0.1, 0.15) is 43.1 Å². The number of carbonyl (C=O) groups is 1. The molecule has 5 nitrogen and oxygen atoms in total. The van der Waals surface area contributed by atoms with Crippen LogP contribution in [0.3, 0.4) is 0 Å². The number of halogens is 1. The summed E-state index contributed by atoms with van der Waals surface area (Å²) >= 11 is 0. The quantitative estimate of drug-likeness (QED) is 0.723. The lowest BCUT2D eigenvalue weighted by Crippen LogP contribution is -2.33. The molecular formula is C21H26FNO4S. The van der Waals surface area contributed by atoms with Gasteiger partial charge in [0.15, 0.2) is 9.84 Å². The lowest BCUT2D eigenvalue weighted by Gasteiger charge is -2.15. The van der Waals surface area contributed by atoms with Crippen LogP contribution in [-0.2, 0) is 16.3 Å². The first-order chi connectivity index (χ1) is 13.1. The maximum atomic E-state index is 13.7. The predicted octanol–water partition coefficient (Wildman–Crippen LogP) is 3.77. The second kappa shape index (κ2) is 9.19. The molecule has 0 bridgehead atoms. The van der Waals surface area contributed by atoms with Gasteiger partial charge < -0.3 is 10.1 Å². The van der Waals surface area contributed by atoms with Gasteiger partial charge >= 0.3 is 0 Å². The van der Waals surface area contributed by atoms with Gasteiger partial charge in [0.1, 0.15) is 16.5 Å². The van der Waals surface area contributed by atoms with E-state index in [1.54, 1.807) is 0 Å². The molecule has 0 spiro atoms. The van der Waals surface area contributed by atoms with Gasteiger partial charge in [0, 0.05) is 17.9 Å². The van der Waals surface area contributed by atoms with E-state index >= 15 is 0 Å². The van der Waals surface area contributed by atoms with E-state index in [9.17, 15) is 17.6 Å². The van der Waals surface area contributed by atoms with Crippen LogP contribution in [0.25, 0.3) is 0 Å². The van der Waals surface area contributed by atoms with Gasteiger partial charge in [-0.3, -0.25) is 4.79 Å². The molecule has 1 atom stereocenters. The number of sulfone groups is 1. The number of ether oxygens (including phenoxy) is 1. The van der Waals surface area contributed by atoms with Crippen LogP contribution in [-0.4, -0.2) is 32.7 Å². The fourth-order valence-corrected chi connectivity index (χ4v) is 3.46. The van der Waals surface area contributed by atoms with Crippen LogP contribution < -0.4 is 10.1 Å². The molecule has 0 heterocycles. The highest BCUT2D eigenvalue weighted by atomic mass is 32.2. The van der Waals surface area contributed by atoms with Crippen LogP contribution in [0.15, 0.2) is 47.4 Å². The number of hydrogen-bond acceptors (Lipinski definition) is 4. The third-order valence-electron chi connectivity index (χ3n) is 4.13. The molecule has 0 fully saturated rings. The Morgan fingerprint density at radius 1 is 1.11 bits per heavy atom. The predicted molar refractivity (Wildman–Crippen MR) is 107 cm³/mol. The van der Waals surface area contributed by atoms with Crippen LogP contribution >= 0.6 is 0 Å². The van der Waals surface area contributed by atoms with Crippen molar-refractivity contribution in [1.29, 1.82) is 0 Å². The van der Waals surface area contributed by atoms with E-state index in [4.69, 9.17) is 4.74 Å². The highest BCUT2D eigenvalue weighted by Crippen LogP contribution is 2.17. The molecule has 28 heavy (non-hydrogen) atoms. The van der Waals surface area contributed by atoms with Crippen molar-refractivity contribution in [3.05, 3.63) is 59.4 Å². The summed E-state index contributed by atoms with van der Waals surface area (Å²) in [4.78, 5) is 11.9. The Kier molecular flexibility index (Phi) is 7.18. The van der Waals surface area contributed by atoms with Crippen molar-refractivity contribution in [1.82, 2.24) is 5.32 Å². The summed E-state index contributed by atoms with van der Waals surface area (Å²) in [6.07, 6.45) is 2.50. The molecular weight excluding hydrogens is 381 g/mol. The van der Waals surface area contributed by atoms with Crippen molar-refractivity contribution >= 4 is 15.7 Å². The molecule has 0 saturated heterocycles. The number of carbonyl (C=O) groups excluding carboxylic acids is 1. The number of rotatable bonds is 8. The Morgan fingerprint density at radius 2 is 1.75 bits per heavy atom. The van der Waals surface area contributed by atoms with Crippen molar-refractivity contribution in [2.24, 2.45) is 0 Å². The van der Waals surface area contributed by atoms with E-state index < -0.39 is 26.5 Å². The highest BCUT2D eigenvalue weighted by Gasteiger charge is 2.18. The number of aryl methyl sites for hydroxylation is 1. The van der Waals surface area contributed by atoms with Gasteiger partial charge in [0.2, 0.25) is 0 Å². The van der Waals surface area contributed by atoms with Crippen molar-refractivity contribution in [2.45, 2.75) is 50.7 Å². The molecule has 7 heteroatoms. The monoisotopic (exact) mass is 407 g/mol. The molecule has 2 aromatic rings. The lowest BCUT2D eigenvalue weighted by atomic mass is 10.1. The minimum atomic E-state index is -3.74. The van der Waals surface area contributed by atoms with E-state index in [0.717, 1.165) is 36.1 Å². The lowest BCUT2D eigenvalue weighted by molar-refractivity contribution is 0.0938. The Morgan fingerprint density at radius 3 is 2.32 bits per heavy atom. The molecule has 0 radical (unpaired) electrons. The van der Waals surface area contributed by atoms with Gasteiger partial charge in [-0.1, -0.05) is 12.1 Å². The minimum absolute atomic E-state index is 0.115. The first-order valence-corrected chi connectivity index (χ1v) is 11.0. The number of hydrogen-bond donors (Lipinski definition) is 1. The standard InChI is InChI=1S/C21H26FNO4S/c1-14(2)27-18-10-7-16(8-11-18)6-5-15(3)23-21(24)17-9-12-19(22)20(13-17)28(4,25)26/h7-15H,5-6H2,1-4H3,(H,23,24)/t15-/m0/s1. The zero-order valence-electron chi connectivity index (χ0n) is 16.5. The fourth-order valence-electron chi connectivity index (χ4n) is 2.70. The van der Waals surface area contributed by atoms with Gasteiger partial charge in [-0.2, -0.15) is 0 Å². The van der Waals surface area contributed by atoms with Gasteiger partial charge in [-0.05, 0) is 69.5 Å². The van der Waals surface area contributed by atoms with Gasteiger partial charge in [0.25, 0.3) is 5.91 Å². The molecule has 2 aromatic carbocycles. The van der Waals surface area contributed by atoms with E-state index in [1.165, 1.54) is 6.07 Å². The van der Waals surface area contributed by atoms with Crippen LogP contribution in [0.2, 0.25) is 0 Å². The van der Waals surface area contributed by atoms with Crippen molar-refractivity contribution in [2.75, 3.05) is 6.26 Å². The normalized spacial score (nSPS) is 12.6. The molecule has 0 aliphatic rings. The number of benzene rings is 2. The summed E-state index contributed by atoms with van der Waals surface area (Å²) in [5.41, 5.74) is 1.24. The molecule has 1 N–H and O–H groups in total. The van der Waals surface area contributed by atoms with E-state index in [-0.39, 0.29) is 17.7 Å². The van der Waals surface area contributed by atoms with Gasteiger partial charge in [-0.25, -0.2) is 12.8 Å². The smallest absolute Gasteiger partial charge is 0.251 e. The SMILES string of the molecule is CC(C)Oc1ccc(CC[C@H](C)NC(=O)c2ccc(F)c(S(C)(=O)=O)c2)cc1. The molecule has 2 rings (SSSR count). The van der Waals surface area contributed by atoms with Crippen LogP contribution in [0.5, 0.6) is 5.75 Å². The molecule has 0 saturated carbocycles. The van der Waals surface area contributed by atoms with Crippen molar-refractivity contribution in [3.63, 3.8) is 0 Å². The zero-order chi connectivity index (χ0) is 20.9. The summed E-state index contributed by atoms with van der Waals surface area (Å²) in [5, 5.41) is 2.82. The number of amides is 1. The molecule has 1 amide bonds. The average molecular weight is 408 g/mol. The zero-order valence-corrected chi connectivity index (χ0v) is 17.3. The summed E-state index contributed by atoms with van der Waals surface area (Å²) < 4.78 is 42.5. The fraction of sp³-hybridized carbons (Fsp3) is 0.381. The summed E-state index contributed by atoms with van der Waals surface area (Å²) in [5.74, 6) is -0.479. The Hall–Kier alpha value is -2.41. The molecule has 0 aromatic heterocycles. The highest BCUT2D eigenvalue weighted by molar-refractivity contribution is 7.90. The minimum Gasteiger partial charge on any atom is -0.491 e. The molecule has 152 valence electrons. The van der Waals surface area contributed by atoms with Gasteiger partial charge in [-0.15, -0.1) is 0 Å². The summed E-state index contributed by atoms with van der Waals surface area (Å²) in [6, 6.07) is 11.0. The van der Waals surface area contributed by atoms with E-state index in [2.05, 4.69) is 5.32 Å². The first kappa shape index (κ1) is 21.9. The van der Waals surface area contributed by atoms with Crippen LogP contribution in [0.4, 0.5) is 4.39 Å². The Labute approximate surface area is 165 Å².